The molecule has 4 heterocycles. The molecule has 2 amide bonds. The van der Waals surface area contributed by atoms with Gasteiger partial charge in [0.1, 0.15) is 11.5 Å². The van der Waals surface area contributed by atoms with Gasteiger partial charge in [0, 0.05) is 43.4 Å². The molecule has 1 aliphatic carbocycles. The zero-order valence-corrected chi connectivity index (χ0v) is 30.6. The summed E-state index contributed by atoms with van der Waals surface area (Å²) in [5, 5.41) is 3.81. The normalized spacial score (nSPS) is 16.6. The molecule has 1 saturated carbocycles. The number of rotatable bonds is 10. The molecule has 0 unspecified atom stereocenters. The van der Waals surface area contributed by atoms with Gasteiger partial charge < -0.3 is 19.2 Å². The number of fused-ring (bicyclic) bond motifs is 2. The zero-order valence-electron chi connectivity index (χ0n) is 29.1. The number of carbonyl (C=O) groups excluding carboxylic acids is 2. The number of benzene rings is 2. The van der Waals surface area contributed by atoms with Crippen molar-refractivity contribution in [1.82, 2.24) is 29.2 Å². The number of aromatic nitrogens is 3. The number of halogens is 2. The maximum absolute atomic E-state index is 13.6. The Kier molecular flexibility index (Phi) is 10.3. The lowest BCUT2D eigenvalue weighted by molar-refractivity contribution is -0.132. The third-order valence-corrected chi connectivity index (χ3v) is 11.4. The molecule has 4 aromatic rings. The van der Waals surface area contributed by atoms with Crippen LogP contribution in [-0.4, -0.2) is 74.3 Å². The minimum atomic E-state index is -0.308. The van der Waals surface area contributed by atoms with Gasteiger partial charge >= 0.3 is 0 Å². The van der Waals surface area contributed by atoms with Crippen LogP contribution in [0.25, 0.3) is 22.6 Å². The van der Waals surface area contributed by atoms with E-state index >= 15 is 0 Å². The van der Waals surface area contributed by atoms with Crippen molar-refractivity contribution in [2.45, 2.75) is 71.5 Å². The van der Waals surface area contributed by atoms with Crippen LogP contribution in [-0.2, 0) is 37.9 Å². The van der Waals surface area contributed by atoms with E-state index in [9.17, 15) is 9.59 Å². The van der Waals surface area contributed by atoms with E-state index in [0.717, 1.165) is 55.6 Å². The molecule has 0 atom stereocenters. The Morgan fingerprint density at radius 3 is 2.46 bits per heavy atom. The van der Waals surface area contributed by atoms with Gasteiger partial charge in [-0.1, -0.05) is 86.5 Å². The van der Waals surface area contributed by atoms with Crippen molar-refractivity contribution in [3.8, 4) is 22.6 Å². The first-order valence-electron chi connectivity index (χ1n) is 17.8. The van der Waals surface area contributed by atoms with Crippen LogP contribution in [0.15, 0.2) is 40.8 Å². The largest absolute Gasteiger partial charge is 0.439 e. The molecular formula is C38H45Cl2N7O3. The molecule has 10 nitrogen and oxygen atoms in total. The van der Waals surface area contributed by atoms with Gasteiger partial charge in [-0.3, -0.25) is 19.4 Å². The Morgan fingerprint density at radius 1 is 0.960 bits per heavy atom. The Hall–Kier alpha value is -3.70. The van der Waals surface area contributed by atoms with Crippen LogP contribution in [0, 0.1) is 5.92 Å². The summed E-state index contributed by atoms with van der Waals surface area (Å²) in [7, 11) is 3.84. The third-order valence-electron chi connectivity index (χ3n) is 10.6. The summed E-state index contributed by atoms with van der Waals surface area (Å²) in [6.07, 6.45) is 8.96. The minimum Gasteiger partial charge on any atom is -0.439 e. The highest BCUT2D eigenvalue weighted by atomic mass is 35.5. The third kappa shape index (κ3) is 7.08. The lowest BCUT2D eigenvalue weighted by Crippen LogP contribution is -2.35. The molecule has 1 N–H and O–H groups in total. The summed E-state index contributed by atoms with van der Waals surface area (Å²) in [5.74, 6) is 2.02. The molecule has 50 heavy (non-hydrogen) atoms. The summed E-state index contributed by atoms with van der Waals surface area (Å²) >= 11 is 14.0. The average molecular weight is 719 g/mol. The van der Waals surface area contributed by atoms with Gasteiger partial charge in [-0.15, -0.1) is 0 Å². The summed E-state index contributed by atoms with van der Waals surface area (Å²) in [6.45, 7) is 6.79. The van der Waals surface area contributed by atoms with Crippen molar-refractivity contribution in [3.05, 3.63) is 75.1 Å². The first-order chi connectivity index (χ1) is 24.2. The number of hydrogen-bond donors (Lipinski definition) is 1. The smallest absolute Gasteiger partial charge is 0.291 e. The zero-order chi connectivity index (χ0) is 34.9. The summed E-state index contributed by atoms with van der Waals surface area (Å²) in [5.41, 5.74) is 5.28. The quantitative estimate of drug-likeness (QED) is 0.182. The van der Waals surface area contributed by atoms with Crippen molar-refractivity contribution in [2.75, 3.05) is 38.5 Å². The van der Waals surface area contributed by atoms with Gasteiger partial charge in [0.15, 0.2) is 5.82 Å². The van der Waals surface area contributed by atoms with Crippen molar-refractivity contribution in [2.24, 2.45) is 13.0 Å². The first kappa shape index (κ1) is 34.7. The molecule has 7 rings (SSSR count). The van der Waals surface area contributed by atoms with Gasteiger partial charge in [-0.2, -0.15) is 0 Å². The van der Waals surface area contributed by atoms with Crippen molar-refractivity contribution in [1.29, 1.82) is 0 Å². The maximum atomic E-state index is 13.6. The average Bonchev–Trinajstić information content (AvgIpc) is 3.81. The molecule has 2 aromatic carbocycles. The van der Waals surface area contributed by atoms with Crippen LogP contribution in [0.2, 0.25) is 10.0 Å². The fraction of sp³-hybridized carbons (Fsp3) is 0.474. The summed E-state index contributed by atoms with van der Waals surface area (Å²) < 4.78 is 8.06. The molecule has 0 radical (unpaired) electrons. The number of hydrogen-bond acceptors (Lipinski definition) is 7. The van der Waals surface area contributed by atoms with E-state index in [4.69, 9.17) is 37.6 Å². The van der Waals surface area contributed by atoms with E-state index in [0.29, 0.717) is 69.5 Å². The van der Waals surface area contributed by atoms with Gasteiger partial charge in [-0.05, 0) is 44.6 Å². The standard InChI is InChI=1S/C38H45Cl2N7O3/c1-4-44(2)23-33(48)47-21-30-32(22-47)50-38(43-30)27-14-8-12-25(34(27)39)26-13-9-15-28(35(26)40)42-37(49)36-41-29-20-46(19-17-31(29)45(36)3)18-16-24-10-6-5-7-11-24/h8-9,12-15,24H,4-7,10-11,16-23H2,1-3H3,(H,42,49). The maximum Gasteiger partial charge on any atom is 0.291 e. The number of nitrogens with zero attached hydrogens (tertiary/aromatic N) is 6. The topological polar surface area (TPSA) is 99.7 Å². The van der Waals surface area contributed by atoms with E-state index < -0.39 is 0 Å². The van der Waals surface area contributed by atoms with Gasteiger partial charge in [-0.25, -0.2) is 9.97 Å². The molecule has 2 aromatic heterocycles. The number of oxazole rings is 1. The SMILES string of the molecule is CCN(C)CC(=O)N1Cc2nc(-c3cccc(-c4cccc(NC(=O)c5nc6c(n5C)CCN(CCC5CCCCC5)C6)c4Cl)c3Cl)oc2C1. The molecule has 3 aliphatic rings. The van der Waals surface area contributed by atoms with E-state index in [2.05, 4.69) is 10.2 Å². The van der Waals surface area contributed by atoms with Crippen LogP contribution >= 0.6 is 23.2 Å². The first-order valence-corrected chi connectivity index (χ1v) is 18.6. The highest BCUT2D eigenvalue weighted by Crippen LogP contribution is 2.42. The summed E-state index contributed by atoms with van der Waals surface area (Å²) in [4.78, 5) is 42.1. The van der Waals surface area contributed by atoms with Crippen molar-refractivity contribution in [3.63, 3.8) is 0 Å². The number of likely N-dealkylation sites (N-methyl/N-ethyl adjacent to an activating group) is 1. The summed E-state index contributed by atoms with van der Waals surface area (Å²) in [6, 6.07) is 11.1. The number of carbonyl (C=O) groups is 2. The van der Waals surface area contributed by atoms with Crippen molar-refractivity contribution >= 4 is 40.7 Å². The number of imidazole rings is 1. The van der Waals surface area contributed by atoms with Gasteiger partial charge in [0.25, 0.3) is 5.91 Å². The molecule has 1 fully saturated rings. The predicted octanol–water partition coefficient (Wildman–Crippen LogP) is 7.42. The highest BCUT2D eigenvalue weighted by Gasteiger charge is 2.31. The number of nitrogens with one attached hydrogen (secondary N) is 1. The molecule has 2 aliphatic heterocycles. The molecule has 0 saturated heterocycles. The molecule has 264 valence electrons. The van der Waals surface area contributed by atoms with Gasteiger partial charge in [0.2, 0.25) is 11.8 Å². The Bertz CT molecular complexity index is 1870. The fourth-order valence-corrected chi connectivity index (χ4v) is 8.10. The second-order valence-corrected chi connectivity index (χ2v) is 14.7. The van der Waals surface area contributed by atoms with E-state index in [1.807, 2.05) is 60.8 Å². The second kappa shape index (κ2) is 14.9. The van der Waals surface area contributed by atoms with E-state index in [1.165, 1.54) is 38.5 Å². The minimum absolute atomic E-state index is 0.0416. The molecular weight excluding hydrogens is 673 g/mol. The van der Waals surface area contributed by atoms with Crippen LogP contribution in [0.3, 0.4) is 0 Å². The van der Waals surface area contributed by atoms with Crippen LogP contribution in [0.4, 0.5) is 5.69 Å². The molecule has 0 bridgehead atoms. The number of amides is 2. The lowest BCUT2D eigenvalue weighted by Gasteiger charge is -2.29. The van der Waals surface area contributed by atoms with Gasteiger partial charge in [0.05, 0.1) is 46.6 Å². The van der Waals surface area contributed by atoms with E-state index in [1.54, 1.807) is 11.0 Å². The monoisotopic (exact) mass is 717 g/mol. The van der Waals surface area contributed by atoms with Crippen LogP contribution < -0.4 is 5.32 Å². The van der Waals surface area contributed by atoms with Crippen molar-refractivity contribution < 1.29 is 14.0 Å². The fourth-order valence-electron chi connectivity index (χ4n) is 7.51. The lowest BCUT2D eigenvalue weighted by atomic mass is 9.87. The van der Waals surface area contributed by atoms with Crippen LogP contribution in [0.1, 0.15) is 78.9 Å². The second-order valence-electron chi connectivity index (χ2n) is 14.0. The molecule has 0 spiro atoms. The Morgan fingerprint density at radius 2 is 1.70 bits per heavy atom. The van der Waals surface area contributed by atoms with Crippen LogP contribution in [0.5, 0.6) is 0 Å². The molecule has 12 heteroatoms. The number of anilines is 1. The predicted molar refractivity (Wildman–Crippen MR) is 196 cm³/mol. The van der Waals surface area contributed by atoms with E-state index in [-0.39, 0.29) is 11.8 Å². The Labute approximate surface area is 303 Å². The Balaban J connectivity index is 1.04. The highest BCUT2D eigenvalue weighted by molar-refractivity contribution is 6.39.